The van der Waals surface area contributed by atoms with Gasteiger partial charge in [-0.3, -0.25) is 9.48 Å². The molecule has 1 N–H and O–H groups in total. The minimum absolute atomic E-state index is 0.0968. The maximum Gasteiger partial charge on any atom is 0.387 e. The first-order valence-electron chi connectivity index (χ1n) is 9.11. The van der Waals surface area contributed by atoms with Gasteiger partial charge < -0.3 is 14.8 Å². The van der Waals surface area contributed by atoms with Crippen molar-refractivity contribution in [1.82, 2.24) is 15.1 Å². The van der Waals surface area contributed by atoms with Gasteiger partial charge in [0.05, 0.1) is 13.2 Å². The van der Waals surface area contributed by atoms with Crippen molar-refractivity contribution in [3.05, 3.63) is 77.6 Å². The van der Waals surface area contributed by atoms with Crippen LogP contribution in [0.2, 0.25) is 0 Å². The molecule has 0 bridgehead atoms. The van der Waals surface area contributed by atoms with Crippen molar-refractivity contribution in [2.75, 3.05) is 6.61 Å². The maximum atomic E-state index is 12.6. The first kappa shape index (κ1) is 20.3. The fourth-order valence-corrected chi connectivity index (χ4v) is 2.84. The largest absolute Gasteiger partial charge is 0.490 e. The van der Waals surface area contributed by atoms with Crippen LogP contribution in [0.1, 0.15) is 28.4 Å². The summed E-state index contributed by atoms with van der Waals surface area (Å²) in [6.45, 7) is -0.0935. The van der Waals surface area contributed by atoms with Crippen LogP contribution in [0.15, 0.2) is 60.9 Å². The highest BCUT2D eigenvalue weighted by molar-refractivity contribution is 5.94. The molecule has 0 unspecified atom stereocenters. The van der Waals surface area contributed by atoms with Gasteiger partial charge in [-0.15, -0.1) is 0 Å². The second kappa shape index (κ2) is 9.68. The normalized spacial score (nSPS) is 10.8. The molecular weight excluding hydrogens is 380 g/mol. The molecule has 3 rings (SSSR count). The Kier molecular flexibility index (Phi) is 6.78. The van der Waals surface area contributed by atoms with Gasteiger partial charge in [0.25, 0.3) is 5.91 Å². The number of carbonyl (C=O) groups is 1. The first-order valence-corrected chi connectivity index (χ1v) is 9.11. The number of amides is 1. The van der Waals surface area contributed by atoms with Crippen LogP contribution in [0.3, 0.4) is 0 Å². The Bertz CT molecular complexity index is 946. The summed E-state index contributed by atoms with van der Waals surface area (Å²) >= 11 is 0. The third-order valence-electron chi connectivity index (χ3n) is 4.17. The number of alkyl halides is 2. The Morgan fingerprint density at radius 1 is 1.14 bits per heavy atom. The molecule has 1 heterocycles. The second-order valence-corrected chi connectivity index (χ2v) is 6.13. The smallest absolute Gasteiger partial charge is 0.387 e. The van der Waals surface area contributed by atoms with Gasteiger partial charge in [-0.25, -0.2) is 0 Å². The number of rotatable bonds is 9. The van der Waals surface area contributed by atoms with Crippen LogP contribution < -0.4 is 14.8 Å². The first-order chi connectivity index (χ1) is 14.1. The van der Waals surface area contributed by atoms with Crippen LogP contribution in [-0.2, 0) is 13.1 Å². The number of ether oxygens (including phenoxy) is 2. The number of hydrogen-bond donors (Lipinski definition) is 1. The van der Waals surface area contributed by atoms with Crippen molar-refractivity contribution < 1.29 is 23.0 Å². The van der Waals surface area contributed by atoms with Crippen molar-refractivity contribution in [3.63, 3.8) is 0 Å². The van der Waals surface area contributed by atoms with Crippen LogP contribution in [-0.4, -0.2) is 28.9 Å². The lowest BCUT2D eigenvalue weighted by atomic mass is 10.1. The highest BCUT2D eigenvalue weighted by Crippen LogP contribution is 2.30. The highest BCUT2D eigenvalue weighted by atomic mass is 19.3. The molecule has 0 aliphatic rings. The Hall–Kier alpha value is -3.42. The number of nitrogens with zero attached hydrogens (tertiary/aromatic N) is 2. The predicted octanol–water partition coefficient (Wildman–Crippen LogP) is 3.86. The van der Waals surface area contributed by atoms with Crippen LogP contribution in [0.4, 0.5) is 8.78 Å². The molecule has 0 saturated carbocycles. The third-order valence-corrected chi connectivity index (χ3v) is 4.17. The van der Waals surface area contributed by atoms with Crippen molar-refractivity contribution in [2.24, 2.45) is 0 Å². The monoisotopic (exact) mass is 401 g/mol. The fourth-order valence-electron chi connectivity index (χ4n) is 2.84. The van der Waals surface area contributed by atoms with Gasteiger partial charge in [0, 0.05) is 24.5 Å². The molecule has 0 saturated heterocycles. The number of carbonyl (C=O) groups excluding carboxylic acids is 1. The van der Waals surface area contributed by atoms with E-state index in [0.717, 1.165) is 11.1 Å². The van der Waals surface area contributed by atoms with E-state index in [-0.39, 0.29) is 24.0 Å². The fraction of sp³-hybridized carbons (Fsp3) is 0.238. The molecule has 0 spiro atoms. The zero-order valence-electron chi connectivity index (χ0n) is 15.8. The molecule has 0 fully saturated rings. The minimum Gasteiger partial charge on any atom is -0.490 e. The molecular formula is C21H21F2N3O3. The van der Waals surface area contributed by atoms with E-state index in [4.69, 9.17) is 4.74 Å². The van der Waals surface area contributed by atoms with Crippen LogP contribution in [0.25, 0.3) is 0 Å². The van der Waals surface area contributed by atoms with E-state index in [2.05, 4.69) is 15.2 Å². The summed E-state index contributed by atoms with van der Waals surface area (Å²) in [6.07, 6.45) is 3.58. The molecule has 29 heavy (non-hydrogen) atoms. The standard InChI is InChI=1S/C21H21F2N3O3/c1-2-28-19-12-15(8-9-18(19)29-21(22)23)20(27)24-13-16-6-3-4-7-17(16)14-26-11-5-10-25-26/h3-12,21H,2,13-14H2,1H3,(H,24,27). The van der Waals surface area contributed by atoms with E-state index in [1.54, 1.807) is 17.8 Å². The second-order valence-electron chi connectivity index (χ2n) is 6.13. The van der Waals surface area contributed by atoms with Crippen LogP contribution in [0.5, 0.6) is 11.5 Å². The number of halogens is 2. The van der Waals surface area contributed by atoms with Crippen molar-refractivity contribution in [1.29, 1.82) is 0 Å². The van der Waals surface area contributed by atoms with E-state index in [1.165, 1.54) is 18.2 Å². The van der Waals surface area contributed by atoms with E-state index in [1.807, 2.05) is 36.5 Å². The predicted molar refractivity (Wildman–Crippen MR) is 103 cm³/mol. The van der Waals surface area contributed by atoms with Gasteiger partial charge >= 0.3 is 6.61 Å². The van der Waals surface area contributed by atoms with Crippen LogP contribution in [0, 0.1) is 0 Å². The van der Waals surface area contributed by atoms with E-state index < -0.39 is 6.61 Å². The average molecular weight is 401 g/mol. The van der Waals surface area contributed by atoms with E-state index in [0.29, 0.717) is 18.7 Å². The van der Waals surface area contributed by atoms with Gasteiger partial charge in [-0.05, 0) is 42.3 Å². The highest BCUT2D eigenvalue weighted by Gasteiger charge is 2.15. The number of aromatic nitrogens is 2. The Balaban J connectivity index is 1.70. The summed E-state index contributed by atoms with van der Waals surface area (Å²) in [5.41, 5.74) is 2.28. The zero-order chi connectivity index (χ0) is 20.6. The molecule has 2 aromatic carbocycles. The summed E-state index contributed by atoms with van der Waals surface area (Å²) in [5, 5.41) is 7.05. The molecule has 0 radical (unpaired) electrons. The lowest BCUT2D eigenvalue weighted by Crippen LogP contribution is -2.23. The minimum atomic E-state index is -2.97. The molecule has 1 amide bonds. The molecule has 0 aliphatic heterocycles. The Morgan fingerprint density at radius 2 is 1.93 bits per heavy atom. The molecule has 152 valence electrons. The quantitative estimate of drug-likeness (QED) is 0.591. The van der Waals surface area contributed by atoms with E-state index >= 15 is 0 Å². The molecule has 6 nitrogen and oxygen atoms in total. The number of hydrogen-bond acceptors (Lipinski definition) is 4. The average Bonchev–Trinajstić information content (AvgIpc) is 3.21. The molecule has 0 atom stereocenters. The number of nitrogens with one attached hydrogen (secondary N) is 1. The van der Waals surface area contributed by atoms with Gasteiger partial charge in [0.1, 0.15) is 0 Å². The Morgan fingerprint density at radius 3 is 2.62 bits per heavy atom. The summed E-state index contributed by atoms with van der Waals surface area (Å²) in [5.74, 6) is -0.356. The topological polar surface area (TPSA) is 65.4 Å². The lowest BCUT2D eigenvalue weighted by Gasteiger charge is -2.14. The molecule has 3 aromatic rings. The van der Waals surface area contributed by atoms with Crippen molar-refractivity contribution >= 4 is 5.91 Å². The summed E-state index contributed by atoms with van der Waals surface area (Å²) < 4.78 is 36.6. The summed E-state index contributed by atoms with van der Waals surface area (Å²) in [6, 6.07) is 13.7. The Labute approximate surface area is 167 Å². The van der Waals surface area contributed by atoms with Gasteiger partial charge in [-0.2, -0.15) is 13.9 Å². The summed E-state index contributed by atoms with van der Waals surface area (Å²) in [4.78, 5) is 12.6. The van der Waals surface area contributed by atoms with Gasteiger partial charge in [-0.1, -0.05) is 24.3 Å². The van der Waals surface area contributed by atoms with E-state index in [9.17, 15) is 13.6 Å². The SMILES string of the molecule is CCOc1cc(C(=O)NCc2ccccc2Cn2cccn2)ccc1OC(F)F. The maximum absolute atomic E-state index is 12.6. The van der Waals surface area contributed by atoms with Crippen molar-refractivity contribution in [3.8, 4) is 11.5 Å². The summed E-state index contributed by atoms with van der Waals surface area (Å²) in [7, 11) is 0. The molecule has 0 aliphatic carbocycles. The van der Waals surface area contributed by atoms with Gasteiger partial charge in [0.15, 0.2) is 11.5 Å². The third kappa shape index (κ3) is 5.54. The number of benzene rings is 2. The molecule has 8 heteroatoms. The lowest BCUT2D eigenvalue weighted by molar-refractivity contribution is -0.0514. The van der Waals surface area contributed by atoms with Crippen LogP contribution >= 0.6 is 0 Å². The zero-order valence-corrected chi connectivity index (χ0v) is 15.8. The van der Waals surface area contributed by atoms with Crippen molar-refractivity contribution in [2.45, 2.75) is 26.6 Å². The molecule has 1 aromatic heterocycles. The van der Waals surface area contributed by atoms with Gasteiger partial charge in [0.2, 0.25) is 0 Å².